The molecular formula is C45H84O15. The highest BCUT2D eigenvalue weighted by Gasteiger charge is 2.51. The van der Waals surface area contributed by atoms with Crippen LogP contribution in [0.5, 0.6) is 0 Å². The number of hydrogen-bond donors (Lipinski definition) is 7. The van der Waals surface area contributed by atoms with Crippen molar-refractivity contribution in [2.75, 3.05) is 26.4 Å². The first-order valence-corrected chi connectivity index (χ1v) is 23.5. The molecule has 2 aliphatic rings. The van der Waals surface area contributed by atoms with Crippen molar-refractivity contribution >= 4 is 11.9 Å². The molecule has 0 bridgehead atoms. The minimum Gasteiger partial charge on any atom is -0.463 e. The van der Waals surface area contributed by atoms with Crippen molar-refractivity contribution in [3.63, 3.8) is 0 Å². The zero-order valence-electron chi connectivity index (χ0n) is 37.1. The van der Waals surface area contributed by atoms with E-state index in [2.05, 4.69) is 20.8 Å². The molecule has 0 aliphatic carbocycles. The molecule has 11 atom stereocenters. The number of aliphatic hydroxyl groups is 7. The van der Waals surface area contributed by atoms with Gasteiger partial charge in [0.2, 0.25) is 0 Å². The van der Waals surface area contributed by atoms with Gasteiger partial charge in [-0.2, -0.15) is 0 Å². The summed E-state index contributed by atoms with van der Waals surface area (Å²) in [4.78, 5) is 25.0. The number of hydrogen-bond acceptors (Lipinski definition) is 15. The maximum absolute atomic E-state index is 12.6. The molecule has 0 spiro atoms. The summed E-state index contributed by atoms with van der Waals surface area (Å²) < 4.78 is 33.2. The highest BCUT2D eigenvalue weighted by molar-refractivity contribution is 5.69. The molecule has 7 N–H and O–H groups in total. The maximum Gasteiger partial charge on any atom is 0.305 e. The minimum absolute atomic E-state index is 0.162. The van der Waals surface area contributed by atoms with E-state index in [1.807, 2.05) is 0 Å². The first kappa shape index (κ1) is 54.6. The zero-order chi connectivity index (χ0) is 44.1. The molecule has 0 amide bonds. The first-order valence-electron chi connectivity index (χ1n) is 23.5. The van der Waals surface area contributed by atoms with E-state index in [9.17, 15) is 45.3 Å². The van der Waals surface area contributed by atoms with E-state index in [1.54, 1.807) is 0 Å². The number of unbranched alkanes of at least 4 members (excludes halogenated alkanes) is 19. The average Bonchev–Trinajstić information content (AvgIpc) is 3.22. The van der Waals surface area contributed by atoms with Gasteiger partial charge in [-0.25, -0.2) is 0 Å². The maximum atomic E-state index is 12.6. The van der Waals surface area contributed by atoms with E-state index in [0.717, 1.165) is 44.4 Å². The van der Waals surface area contributed by atoms with Gasteiger partial charge in [-0.15, -0.1) is 0 Å². The number of carbonyl (C=O) groups is 2. The number of ether oxygens (including phenoxy) is 6. The van der Waals surface area contributed by atoms with Crippen LogP contribution in [0.4, 0.5) is 0 Å². The van der Waals surface area contributed by atoms with E-state index in [0.29, 0.717) is 12.8 Å². The molecule has 0 aromatic heterocycles. The molecular weight excluding hydrogens is 780 g/mol. The summed E-state index contributed by atoms with van der Waals surface area (Å²) in [5, 5.41) is 73.6. The highest BCUT2D eigenvalue weighted by Crippen LogP contribution is 2.30. The normalized spacial score (nSPS) is 27.6. The van der Waals surface area contributed by atoms with Crippen LogP contribution >= 0.6 is 0 Å². The fourth-order valence-corrected chi connectivity index (χ4v) is 7.61. The van der Waals surface area contributed by atoms with Crippen LogP contribution in [-0.4, -0.2) is 142 Å². The van der Waals surface area contributed by atoms with Crippen LogP contribution in [-0.2, 0) is 38.0 Å². The molecule has 2 aliphatic heterocycles. The highest BCUT2D eigenvalue weighted by atomic mass is 16.7. The van der Waals surface area contributed by atoms with Gasteiger partial charge in [0.05, 0.1) is 13.2 Å². The molecule has 15 heteroatoms. The Bertz CT molecular complexity index is 1080. The second-order valence-corrected chi connectivity index (χ2v) is 17.4. The Balaban J connectivity index is 1.81. The predicted molar refractivity (Wildman–Crippen MR) is 225 cm³/mol. The van der Waals surface area contributed by atoms with Crippen molar-refractivity contribution in [3.8, 4) is 0 Å². The molecule has 354 valence electrons. The van der Waals surface area contributed by atoms with Crippen molar-refractivity contribution < 1.29 is 73.8 Å². The largest absolute Gasteiger partial charge is 0.463 e. The van der Waals surface area contributed by atoms with Crippen molar-refractivity contribution in [1.82, 2.24) is 0 Å². The number of aliphatic hydroxyl groups excluding tert-OH is 7. The molecule has 2 rings (SSSR count). The van der Waals surface area contributed by atoms with Crippen LogP contribution in [0.3, 0.4) is 0 Å². The lowest BCUT2D eigenvalue weighted by Gasteiger charge is -2.46. The van der Waals surface area contributed by atoms with E-state index in [4.69, 9.17) is 28.4 Å². The van der Waals surface area contributed by atoms with Gasteiger partial charge in [-0.05, 0) is 18.8 Å². The molecule has 2 heterocycles. The monoisotopic (exact) mass is 865 g/mol. The Labute approximate surface area is 359 Å². The van der Waals surface area contributed by atoms with Crippen LogP contribution < -0.4 is 0 Å². The fourth-order valence-electron chi connectivity index (χ4n) is 7.61. The Morgan fingerprint density at radius 2 is 1.03 bits per heavy atom. The van der Waals surface area contributed by atoms with Gasteiger partial charge in [-0.3, -0.25) is 9.59 Å². The average molecular weight is 865 g/mol. The molecule has 0 radical (unpaired) electrons. The van der Waals surface area contributed by atoms with Crippen molar-refractivity contribution in [2.24, 2.45) is 5.92 Å². The molecule has 2 saturated heterocycles. The molecule has 11 unspecified atom stereocenters. The number of carbonyl (C=O) groups excluding carboxylic acids is 2. The summed E-state index contributed by atoms with van der Waals surface area (Å²) in [5.74, 6) is -0.205. The van der Waals surface area contributed by atoms with Gasteiger partial charge < -0.3 is 64.2 Å². The lowest BCUT2D eigenvalue weighted by atomic mass is 9.97. The van der Waals surface area contributed by atoms with Crippen molar-refractivity contribution in [3.05, 3.63) is 0 Å². The summed E-state index contributed by atoms with van der Waals surface area (Å²) in [5.41, 5.74) is 0. The summed E-state index contributed by atoms with van der Waals surface area (Å²) in [6.45, 7) is 4.72. The molecule has 60 heavy (non-hydrogen) atoms. The van der Waals surface area contributed by atoms with Gasteiger partial charge in [0, 0.05) is 12.8 Å². The zero-order valence-corrected chi connectivity index (χ0v) is 37.1. The molecule has 15 nitrogen and oxygen atoms in total. The Kier molecular flexibility index (Phi) is 30.1. The van der Waals surface area contributed by atoms with Crippen molar-refractivity contribution in [1.29, 1.82) is 0 Å². The van der Waals surface area contributed by atoms with Gasteiger partial charge in [0.15, 0.2) is 12.6 Å². The van der Waals surface area contributed by atoms with Crippen molar-refractivity contribution in [2.45, 2.75) is 242 Å². The number of esters is 2. The molecule has 0 aromatic carbocycles. The summed E-state index contributed by atoms with van der Waals surface area (Å²) in [7, 11) is 0. The quantitative estimate of drug-likeness (QED) is 0.0324. The topological polar surface area (TPSA) is 231 Å². The third kappa shape index (κ3) is 22.7. The predicted octanol–water partition coefficient (Wildman–Crippen LogP) is 5.12. The van der Waals surface area contributed by atoms with Crippen LogP contribution in [0, 0.1) is 5.92 Å². The Hall–Kier alpha value is -1.50. The van der Waals surface area contributed by atoms with Gasteiger partial charge >= 0.3 is 11.9 Å². The standard InChI is InChI=1S/C45H84O15/c1-4-5-6-7-8-9-10-11-14-17-20-23-26-36(48)55-29-33(47)30-57-44-42(54)43(60-45-41(53)40(52)38(50)34(28-46)58-45)39(51)35(59-44)31-56-37(49)27-24-21-18-15-12-13-16-19-22-25-32(2)3/h32-35,38-47,50-54H,4-31H2,1-3H3. The molecule has 2 fully saturated rings. The van der Waals surface area contributed by atoms with E-state index in [1.165, 1.54) is 89.9 Å². The first-order chi connectivity index (χ1) is 28.9. The third-order valence-corrected chi connectivity index (χ3v) is 11.5. The van der Waals surface area contributed by atoms with Gasteiger partial charge in [0.1, 0.15) is 68.1 Å². The van der Waals surface area contributed by atoms with Crippen LogP contribution in [0.2, 0.25) is 0 Å². The number of rotatable bonds is 35. The lowest BCUT2D eigenvalue weighted by Crippen LogP contribution is -2.65. The van der Waals surface area contributed by atoms with E-state index < -0.39 is 99.3 Å². The lowest BCUT2D eigenvalue weighted by molar-refractivity contribution is -0.361. The van der Waals surface area contributed by atoms with E-state index >= 15 is 0 Å². The summed E-state index contributed by atoms with van der Waals surface area (Å²) in [6, 6.07) is 0. The Morgan fingerprint density at radius 3 is 1.55 bits per heavy atom. The smallest absolute Gasteiger partial charge is 0.305 e. The van der Waals surface area contributed by atoms with Gasteiger partial charge in [0.25, 0.3) is 0 Å². The SMILES string of the molecule is CCCCCCCCCCCCCCC(=O)OCC(O)COC1OC(COC(=O)CCCCCCCCCCCC(C)C)C(O)C(OC2OC(CO)C(O)C(O)C2O)C1O. The second kappa shape index (κ2) is 33.1. The van der Waals surface area contributed by atoms with Crippen LogP contribution in [0.1, 0.15) is 175 Å². The summed E-state index contributed by atoms with van der Waals surface area (Å²) in [6.07, 6.45) is 8.03. The van der Waals surface area contributed by atoms with Crippen LogP contribution in [0.25, 0.3) is 0 Å². The van der Waals surface area contributed by atoms with E-state index in [-0.39, 0.29) is 19.4 Å². The fraction of sp³-hybridized carbons (Fsp3) is 0.956. The third-order valence-electron chi connectivity index (χ3n) is 11.5. The summed E-state index contributed by atoms with van der Waals surface area (Å²) >= 11 is 0. The second-order valence-electron chi connectivity index (χ2n) is 17.4. The molecule has 0 saturated carbocycles. The van der Waals surface area contributed by atoms with Gasteiger partial charge in [-0.1, -0.05) is 149 Å². The molecule has 0 aromatic rings. The van der Waals surface area contributed by atoms with Crippen LogP contribution in [0.15, 0.2) is 0 Å². The minimum atomic E-state index is -1.83. The Morgan fingerprint density at radius 1 is 0.550 bits per heavy atom.